The Morgan fingerprint density at radius 2 is 2.05 bits per heavy atom. The molecule has 0 saturated heterocycles. The summed E-state index contributed by atoms with van der Waals surface area (Å²) in [5, 5.41) is 4.31. The molecule has 0 bridgehead atoms. The molecule has 2 aromatic rings. The minimum absolute atomic E-state index is 0.124. The molecule has 2 N–H and O–H groups in total. The van der Waals surface area contributed by atoms with Gasteiger partial charge in [0.1, 0.15) is 5.75 Å². The number of hydrogen-bond donors (Lipinski definition) is 1. The predicted molar refractivity (Wildman–Crippen MR) is 89.8 cm³/mol. The molecule has 21 heavy (non-hydrogen) atoms. The van der Waals surface area contributed by atoms with E-state index < -0.39 is 0 Å². The number of thiophene rings is 1. The number of benzene rings is 1. The van der Waals surface area contributed by atoms with E-state index in [0.29, 0.717) is 0 Å². The Kier molecular flexibility index (Phi) is 5.79. The van der Waals surface area contributed by atoms with Crippen LogP contribution in [0.3, 0.4) is 0 Å². The molecule has 3 nitrogen and oxygen atoms in total. The van der Waals surface area contributed by atoms with Crippen molar-refractivity contribution in [3.05, 3.63) is 52.2 Å². The quantitative estimate of drug-likeness (QED) is 0.848. The molecule has 1 aromatic heterocycles. The first-order valence-electron chi connectivity index (χ1n) is 7.27. The number of rotatable bonds is 7. The maximum Gasteiger partial charge on any atom is 0.123 e. The highest BCUT2D eigenvalue weighted by Gasteiger charge is 2.24. The lowest BCUT2D eigenvalue weighted by Crippen LogP contribution is -2.38. The van der Waals surface area contributed by atoms with Gasteiger partial charge >= 0.3 is 0 Å². The Morgan fingerprint density at radius 1 is 1.29 bits per heavy atom. The molecule has 0 saturated carbocycles. The monoisotopic (exact) mass is 304 g/mol. The van der Waals surface area contributed by atoms with E-state index in [1.165, 1.54) is 11.1 Å². The van der Waals surface area contributed by atoms with Crippen LogP contribution in [0.1, 0.15) is 30.5 Å². The van der Waals surface area contributed by atoms with Gasteiger partial charge < -0.3 is 10.5 Å². The van der Waals surface area contributed by atoms with Gasteiger partial charge in [-0.25, -0.2) is 0 Å². The average Bonchev–Trinajstić information content (AvgIpc) is 3.01. The topological polar surface area (TPSA) is 38.5 Å². The Balaban J connectivity index is 2.21. The molecule has 0 aliphatic rings. The number of ether oxygens (including phenoxy) is 1. The van der Waals surface area contributed by atoms with Crippen molar-refractivity contribution in [3.63, 3.8) is 0 Å². The molecule has 0 radical (unpaired) electrons. The van der Waals surface area contributed by atoms with Crippen LogP contribution in [0, 0.1) is 0 Å². The van der Waals surface area contributed by atoms with Crippen LogP contribution in [0.25, 0.3) is 0 Å². The zero-order valence-corrected chi connectivity index (χ0v) is 13.8. The molecule has 4 heteroatoms. The van der Waals surface area contributed by atoms with Crippen molar-refractivity contribution in [2.45, 2.75) is 32.0 Å². The fourth-order valence-electron chi connectivity index (χ4n) is 2.70. The molecule has 0 amide bonds. The predicted octanol–water partition coefficient (Wildman–Crippen LogP) is 3.67. The summed E-state index contributed by atoms with van der Waals surface area (Å²) >= 11 is 1.72. The van der Waals surface area contributed by atoms with E-state index in [9.17, 15) is 0 Å². The van der Waals surface area contributed by atoms with E-state index >= 15 is 0 Å². The third kappa shape index (κ3) is 3.84. The summed E-state index contributed by atoms with van der Waals surface area (Å²) in [4.78, 5) is 2.31. The fourth-order valence-corrected chi connectivity index (χ4v) is 3.39. The zero-order valence-electron chi connectivity index (χ0n) is 13.0. The van der Waals surface area contributed by atoms with Gasteiger partial charge in [0.05, 0.1) is 13.2 Å². The van der Waals surface area contributed by atoms with Crippen molar-refractivity contribution in [1.82, 2.24) is 4.90 Å². The van der Waals surface area contributed by atoms with Crippen LogP contribution < -0.4 is 10.5 Å². The Morgan fingerprint density at radius 3 is 2.67 bits per heavy atom. The highest BCUT2D eigenvalue weighted by atomic mass is 32.1. The number of likely N-dealkylation sites (N-methyl/N-ethyl adjacent to an activating group) is 1. The summed E-state index contributed by atoms with van der Waals surface area (Å²) in [6, 6.07) is 10.7. The summed E-state index contributed by atoms with van der Waals surface area (Å²) in [5.74, 6) is 0.929. The SMILES string of the molecule is CCC(N)C(c1ccsc1)N(C)Cc1ccccc1OC. The van der Waals surface area contributed by atoms with E-state index in [-0.39, 0.29) is 12.1 Å². The molecule has 2 unspecified atom stereocenters. The molecule has 2 rings (SSSR count). The van der Waals surface area contributed by atoms with Gasteiger partial charge in [0.25, 0.3) is 0 Å². The van der Waals surface area contributed by atoms with Gasteiger partial charge in [-0.05, 0) is 41.9 Å². The van der Waals surface area contributed by atoms with Crippen LogP contribution in [0.5, 0.6) is 5.75 Å². The van der Waals surface area contributed by atoms with Crippen molar-refractivity contribution in [2.75, 3.05) is 14.2 Å². The minimum Gasteiger partial charge on any atom is -0.496 e. The van der Waals surface area contributed by atoms with Crippen LogP contribution in [0.4, 0.5) is 0 Å². The molecular weight excluding hydrogens is 280 g/mol. The Hall–Kier alpha value is -1.36. The molecule has 1 aromatic carbocycles. The lowest BCUT2D eigenvalue weighted by molar-refractivity contribution is 0.200. The van der Waals surface area contributed by atoms with Gasteiger partial charge in [-0.2, -0.15) is 11.3 Å². The summed E-state index contributed by atoms with van der Waals surface area (Å²) in [6.07, 6.45) is 0.955. The largest absolute Gasteiger partial charge is 0.496 e. The molecule has 1 heterocycles. The molecule has 0 aliphatic heterocycles. The number of para-hydroxylation sites is 1. The van der Waals surface area contributed by atoms with Gasteiger partial charge in [0, 0.05) is 18.2 Å². The van der Waals surface area contributed by atoms with Gasteiger partial charge in [-0.3, -0.25) is 4.90 Å². The maximum atomic E-state index is 6.37. The zero-order chi connectivity index (χ0) is 15.2. The van der Waals surface area contributed by atoms with E-state index in [2.05, 4.69) is 41.8 Å². The van der Waals surface area contributed by atoms with Gasteiger partial charge in [-0.15, -0.1) is 0 Å². The smallest absolute Gasteiger partial charge is 0.123 e. The van der Waals surface area contributed by atoms with Crippen LogP contribution in [0.15, 0.2) is 41.1 Å². The summed E-state index contributed by atoms with van der Waals surface area (Å²) < 4.78 is 5.45. The normalized spacial score (nSPS) is 14.1. The first-order chi connectivity index (χ1) is 10.2. The van der Waals surface area contributed by atoms with Gasteiger partial charge in [0.2, 0.25) is 0 Å². The summed E-state index contributed by atoms with van der Waals surface area (Å²) in [5.41, 5.74) is 8.85. The maximum absolute atomic E-state index is 6.37. The Labute approximate surface area is 131 Å². The first-order valence-corrected chi connectivity index (χ1v) is 8.21. The second kappa shape index (κ2) is 7.59. The fraction of sp³-hybridized carbons (Fsp3) is 0.412. The second-order valence-corrected chi connectivity index (χ2v) is 6.08. The van der Waals surface area contributed by atoms with E-state index in [1.807, 2.05) is 18.2 Å². The van der Waals surface area contributed by atoms with Crippen molar-refractivity contribution < 1.29 is 4.74 Å². The third-order valence-corrected chi connectivity index (χ3v) is 4.55. The van der Waals surface area contributed by atoms with E-state index in [0.717, 1.165) is 18.7 Å². The van der Waals surface area contributed by atoms with E-state index in [4.69, 9.17) is 10.5 Å². The Bertz CT molecular complexity index is 541. The molecule has 0 fully saturated rings. The molecule has 0 aliphatic carbocycles. The number of hydrogen-bond acceptors (Lipinski definition) is 4. The van der Waals surface area contributed by atoms with Crippen molar-refractivity contribution >= 4 is 11.3 Å². The molecular formula is C17H24N2OS. The summed E-state index contributed by atoms with van der Waals surface area (Å²) in [7, 11) is 3.84. The van der Waals surface area contributed by atoms with Gasteiger partial charge in [-0.1, -0.05) is 25.1 Å². The van der Waals surface area contributed by atoms with Gasteiger partial charge in [0.15, 0.2) is 0 Å². The lowest BCUT2D eigenvalue weighted by atomic mass is 9.98. The van der Waals surface area contributed by atoms with Crippen LogP contribution in [-0.4, -0.2) is 25.1 Å². The summed E-state index contributed by atoms with van der Waals surface area (Å²) in [6.45, 7) is 2.96. The van der Waals surface area contributed by atoms with E-state index in [1.54, 1.807) is 18.4 Å². The second-order valence-electron chi connectivity index (χ2n) is 5.30. The highest BCUT2D eigenvalue weighted by Crippen LogP contribution is 2.29. The average molecular weight is 304 g/mol. The van der Waals surface area contributed by atoms with Crippen molar-refractivity contribution in [1.29, 1.82) is 0 Å². The van der Waals surface area contributed by atoms with Crippen LogP contribution in [0.2, 0.25) is 0 Å². The number of methoxy groups -OCH3 is 1. The molecule has 2 atom stereocenters. The molecule has 0 spiro atoms. The first kappa shape index (κ1) is 16.0. The van der Waals surface area contributed by atoms with Crippen molar-refractivity contribution in [2.24, 2.45) is 5.73 Å². The minimum atomic E-state index is 0.124. The number of nitrogens with two attached hydrogens (primary N) is 1. The standard InChI is InChI=1S/C17H24N2OS/c1-4-15(18)17(14-9-10-21-12-14)19(2)11-13-7-5-6-8-16(13)20-3/h5-10,12,15,17H,4,11,18H2,1-3H3. The van der Waals surface area contributed by atoms with Crippen molar-refractivity contribution in [3.8, 4) is 5.75 Å². The molecule has 114 valence electrons. The third-order valence-electron chi connectivity index (χ3n) is 3.85. The van der Waals surface area contributed by atoms with Crippen LogP contribution >= 0.6 is 11.3 Å². The highest BCUT2D eigenvalue weighted by molar-refractivity contribution is 7.07. The van der Waals surface area contributed by atoms with Crippen LogP contribution in [-0.2, 0) is 6.54 Å². The lowest BCUT2D eigenvalue weighted by Gasteiger charge is -2.32. The number of nitrogens with zero attached hydrogens (tertiary/aromatic N) is 1.